The van der Waals surface area contributed by atoms with Crippen molar-refractivity contribution in [2.75, 3.05) is 20.2 Å². The third-order valence-electron chi connectivity index (χ3n) is 4.74. The van der Waals surface area contributed by atoms with Crippen molar-refractivity contribution < 1.29 is 28.7 Å². The van der Waals surface area contributed by atoms with Crippen LogP contribution in [-0.2, 0) is 23.9 Å². The van der Waals surface area contributed by atoms with Crippen molar-refractivity contribution >= 4 is 23.9 Å². The first kappa shape index (κ1) is 21.0. The van der Waals surface area contributed by atoms with E-state index in [0.29, 0.717) is 19.5 Å². The molecule has 0 aromatic carbocycles. The second kappa shape index (κ2) is 8.14. The summed E-state index contributed by atoms with van der Waals surface area (Å²) in [6, 6.07) is -1.66. The molecule has 0 aromatic rings. The molecule has 0 spiro atoms. The Balaban J connectivity index is 2.03. The zero-order valence-electron chi connectivity index (χ0n) is 16.5. The first-order valence-corrected chi connectivity index (χ1v) is 9.19. The van der Waals surface area contributed by atoms with Crippen LogP contribution in [0.25, 0.3) is 0 Å². The van der Waals surface area contributed by atoms with E-state index in [2.05, 4.69) is 10.6 Å². The first-order valence-electron chi connectivity index (χ1n) is 9.19. The highest BCUT2D eigenvalue weighted by Gasteiger charge is 2.46. The van der Waals surface area contributed by atoms with Crippen molar-refractivity contribution in [3.63, 3.8) is 0 Å². The smallest absolute Gasteiger partial charge is 0.410 e. The number of carbonyl (C=O) groups excluding carboxylic acids is 4. The highest BCUT2D eigenvalue weighted by atomic mass is 16.6. The average Bonchev–Trinajstić information content (AvgIpc) is 2.94. The van der Waals surface area contributed by atoms with Crippen molar-refractivity contribution in [2.45, 2.75) is 58.2 Å². The zero-order valence-corrected chi connectivity index (χ0v) is 16.5. The maximum absolute atomic E-state index is 12.7. The van der Waals surface area contributed by atoms with Gasteiger partial charge in [0, 0.05) is 24.9 Å². The number of amides is 3. The average molecular weight is 383 g/mol. The predicted molar refractivity (Wildman–Crippen MR) is 95.6 cm³/mol. The molecule has 0 bridgehead atoms. The molecule has 9 nitrogen and oxygen atoms in total. The lowest BCUT2D eigenvalue weighted by Crippen LogP contribution is -2.65. The Morgan fingerprint density at radius 3 is 2.48 bits per heavy atom. The van der Waals surface area contributed by atoms with Gasteiger partial charge < -0.3 is 20.1 Å². The van der Waals surface area contributed by atoms with Gasteiger partial charge in [-0.1, -0.05) is 6.92 Å². The summed E-state index contributed by atoms with van der Waals surface area (Å²) in [5.41, 5.74) is -0.665. The number of ether oxygens (including phenoxy) is 2. The Hall–Kier alpha value is -2.32. The Morgan fingerprint density at radius 1 is 1.33 bits per heavy atom. The van der Waals surface area contributed by atoms with Crippen LogP contribution in [0.1, 0.15) is 40.5 Å². The van der Waals surface area contributed by atoms with Gasteiger partial charge in [0.15, 0.2) is 0 Å². The molecular formula is C18H29N3O6. The van der Waals surface area contributed by atoms with Gasteiger partial charge in [-0.2, -0.15) is 0 Å². The van der Waals surface area contributed by atoms with Crippen LogP contribution in [0.3, 0.4) is 0 Å². The molecule has 0 unspecified atom stereocenters. The molecule has 2 fully saturated rings. The molecule has 0 radical (unpaired) electrons. The minimum absolute atomic E-state index is 0.0643. The molecule has 2 aliphatic rings. The van der Waals surface area contributed by atoms with Crippen LogP contribution >= 0.6 is 0 Å². The van der Waals surface area contributed by atoms with E-state index in [-0.39, 0.29) is 24.2 Å². The monoisotopic (exact) mass is 383 g/mol. The molecule has 152 valence electrons. The van der Waals surface area contributed by atoms with E-state index >= 15 is 0 Å². The highest BCUT2D eigenvalue weighted by Crippen LogP contribution is 2.27. The van der Waals surface area contributed by atoms with Gasteiger partial charge >= 0.3 is 12.1 Å². The molecule has 2 heterocycles. The third kappa shape index (κ3) is 5.11. The molecule has 0 saturated carbocycles. The number of nitrogens with zero attached hydrogens (tertiary/aromatic N) is 1. The molecule has 3 amide bonds. The maximum atomic E-state index is 12.7. The molecule has 4 atom stereocenters. The quantitative estimate of drug-likeness (QED) is 0.666. The minimum atomic E-state index is -0.940. The van der Waals surface area contributed by atoms with Crippen LogP contribution in [0.5, 0.6) is 0 Å². The van der Waals surface area contributed by atoms with Crippen molar-refractivity contribution in [1.29, 1.82) is 0 Å². The Morgan fingerprint density at radius 2 is 2.00 bits per heavy atom. The van der Waals surface area contributed by atoms with E-state index in [1.165, 1.54) is 12.0 Å². The van der Waals surface area contributed by atoms with Gasteiger partial charge in [0.2, 0.25) is 11.8 Å². The number of methoxy groups -OCH3 is 1. The maximum Gasteiger partial charge on any atom is 0.410 e. The fraction of sp³-hybridized carbons (Fsp3) is 0.778. The number of hydrogen-bond donors (Lipinski definition) is 2. The summed E-state index contributed by atoms with van der Waals surface area (Å²) in [4.78, 5) is 50.2. The Bertz CT molecular complexity index is 615. The Kier molecular flexibility index (Phi) is 6.33. The minimum Gasteiger partial charge on any atom is -0.467 e. The summed E-state index contributed by atoms with van der Waals surface area (Å²) in [5, 5.41) is 5.36. The van der Waals surface area contributed by atoms with Gasteiger partial charge in [-0.15, -0.1) is 0 Å². The molecule has 2 aliphatic heterocycles. The molecule has 2 saturated heterocycles. The molecule has 0 aliphatic carbocycles. The fourth-order valence-corrected chi connectivity index (χ4v) is 3.37. The standard InChI is InChI=1S/C18H29N3O6/c1-10-9-21(17(25)27-18(2,3)4)13(10)15(23)20-12(16(24)26-5)8-11-6-7-19-14(11)22/h10-13H,6-9H2,1-5H3,(H,19,22)(H,20,23)/t10-,11-,12-,13-/m0/s1. The van der Waals surface area contributed by atoms with Gasteiger partial charge in [0.05, 0.1) is 7.11 Å². The number of rotatable bonds is 5. The second-order valence-electron chi connectivity index (χ2n) is 8.15. The van der Waals surface area contributed by atoms with Crippen molar-refractivity contribution in [2.24, 2.45) is 11.8 Å². The molecule has 27 heavy (non-hydrogen) atoms. The Labute approximate surface area is 159 Å². The first-order chi connectivity index (χ1) is 12.5. The van der Waals surface area contributed by atoms with Crippen LogP contribution in [0.15, 0.2) is 0 Å². The molecular weight excluding hydrogens is 354 g/mol. The van der Waals surface area contributed by atoms with Gasteiger partial charge in [0.1, 0.15) is 17.7 Å². The lowest BCUT2D eigenvalue weighted by atomic mass is 9.89. The van der Waals surface area contributed by atoms with Crippen molar-refractivity contribution in [3.8, 4) is 0 Å². The van der Waals surface area contributed by atoms with E-state index in [1.807, 2.05) is 6.92 Å². The summed E-state index contributed by atoms with van der Waals surface area (Å²) in [6.45, 7) is 8.07. The van der Waals surface area contributed by atoms with Gasteiger partial charge in [-0.25, -0.2) is 9.59 Å². The van der Waals surface area contributed by atoms with E-state index < -0.39 is 35.7 Å². The summed E-state index contributed by atoms with van der Waals surface area (Å²) in [5.74, 6) is -1.61. The zero-order chi connectivity index (χ0) is 20.4. The SMILES string of the molecule is COC(=O)[C@H](C[C@@H]1CCNC1=O)NC(=O)[C@@H]1[C@@H](C)CN1C(=O)OC(C)(C)C. The van der Waals surface area contributed by atoms with E-state index in [1.54, 1.807) is 20.8 Å². The van der Waals surface area contributed by atoms with Crippen LogP contribution in [-0.4, -0.2) is 66.7 Å². The van der Waals surface area contributed by atoms with E-state index in [4.69, 9.17) is 9.47 Å². The summed E-state index contributed by atoms with van der Waals surface area (Å²) in [7, 11) is 1.23. The number of hydrogen-bond acceptors (Lipinski definition) is 6. The largest absolute Gasteiger partial charge is 0.467 e. The van der Waals surface area contributed by atoms with Crippen molar-refractivity contribution in [1.82, 2.24) is 15.5 Å². The number of carbonyl (C=O) groups is 4. The van der Waals surface area contributed by atoms with Crippen LogP contribution in [0.2, 0.25) is 0 Å². The number of esters is 1. The van der Waals surface area contributed by atoms with Gasteiger partial charge in [0.25, 0.3) is 0 Å². The lowest BCUT2D eigenvalue weighted by Gasteiger charge is -2.45. The highest BCUT2D eigenvalue weighted by molar-refractivity contribution is 5.91. The predicted octanol–water partition coefficient (Wildman–Crippen LogP) is 0.426. The molecule has 0 aromatic heterocycles. The summed E-state index contributed by atoms with van der Waals surface area (Å²) < 4.78 is 10.1. The lowest BCUT2D eigenvalue weighted by molar-refractivity contribution is -0.148. The molecule has 9 heteroatoms. The third-order valence-corrected chi connectivity index (χ3v) is 4.74. The number of likely N-dealkylation sites (tertiary alicyclic amines) is 1. The van der Waals surface area contributed by atoms with Crippen LogP contribution in [0, 0.1) is 11.8 Å². The number of nitrogens with one attached hydrogen (secondary N) is 2. The van der Waals surface area contributed by atoms with Gasteiger partial charge in [-0.05, 0) is 33.6 Å². The summed E-state index contributed by atoms with van der Waals surface area (Å²) in [6.07, 6.45) is 0.203. The summed E-state index contributed by atoms with van der Waals surface area (Å²) >= 11 is 0. The van der Waals surface area contributed by atoms with Gasteiger partial charge in [-0.3, -0.25) is 14.5 Å². The van der Waals surface area contributed by atoms with Crippen molar-refractivity contribution in [3.05, 3.63) is 0 Å². The van der Waals surface area contributed by atoms with Crippen LogP contribution < -0.4 is 10.6 Å². The topological polar surface area (TPSA) is 114 Å². The van der Waals surface area contributed by atoms with Crippen LogP contribution in [0.4, 0.5) is 4.79 Å². The molecule has 2 rings (SSSR count). The normalized spacial score (nSPS) is 25.9. The molecule has 2 N–H and O–H groups in total. The fourth-order valence-electron chi connectivity index (χ4n) is 3.37. The van der Waals surface area contributed by atoms with E-state index in [0.717, 1.165) is 0 Å². The van der Waals surface area contributed by atoms with E-state index in [9.17, 15) is 19.2 Å². The second-order valence-corrected chi connectivity index (χ2v) is 8.15.